The van der Waals surface area contributed by atoms with Crippen LogP contribution in [0.2, 0.25) is 0 Å². The van der Waals surface area contributed by atoms with Crippen LogP contribution in [0.3, 0.4) is 0 Å². The van der Waals surface area contributed by atoms with Crippen LogP contribution in [0.15, 0.2) is 41.0 Å². The molecule has 1 aromatic carbocycles. The van der Waals surface area contributed by atoms with Gasteiger partial charge in [-0.05, 0) is 36.6 Å². The van der Waals surface area contributed by atoms with Crippen LogP contribution in [-0.2, 0) is 14.6 Å². The molecule has 1 aliphatic rings. The molecule has 0 saturated heterocycles. The lowest BCUT2D eigenvalue weighted by molar-refractivity contribution is 0.176. The monoisotopic (exact) mass is 267 g/mol. The summed E-state index contributed by atoms with van der Waals surface area (Å²) >= 11 is 0. The van der Waals surface area contributed by atoms with E-state index in [9.17, 15) is 8.42 Å². The average Bonchev–Trinajstić information content (AvgIpc) is 2.38. The number of hydrogen-bond acceptors (Lipinski definition) is 4. The van der Waals surface area contributed by atoms with Crippen molar-refractivity contribution in [1.82, 2.24) is 0 Å². The van der Waals surface area contributed by atoms with Crippen molar-refractivity contribution >= 4 is 9.84 Å². The number of hydrogen-bond donors (Lipinski definition) is 1. The summed E-state index contributed by atoms with van der Waals surface area (Å²) in [6, 6.07) is 6.31. The van der Waals surface area contributed by atoms with E-state index in [1.54, 1.807) is 24.3 Å². The van der Waals surface area contributed by atoms with Crippen molar-refractivity contribution in [2.45, 2.75) is 23.8 Å². The first-order valence-electron chi connectivity index (χ1n) is 5.87. The van der Waals surface area contributed by atoms with Gasteiger partial charge in [-0.3, -0.25) is 0 Å². The Morgan fingerprint density at radius 2 is 1.94 bits per heavy atom. The van der Waals surface area contributed by atoms with Crippen molar-refractivity contribution < 1.29 is 13.2 Å². The molecule has 0 aliphatic carbocycles. The highest BCUT2D eigenvalue weighted by Gasteiger charge is 2.16. The van der Waals surface area contributed by atoms with E-state index < -0.39 is 9.84 Å². The van der Waals surface area contributed by atoms with E-state index in [-0.39, 0.29) is 6.04 Å². The van der Waals surface area contributed by atoms with Crippen molar-refractivity contribution in [1.29, 1.82) is 0 Å². The fraction of sp³-hybridized carbons (Fsp3) is 0.385. The quantitative estimate of drug-likeness (QED) is 0.906. The average molecular weight is 267 g/mol. The number of allylic oxidation sites excluding steroid dienone is 1. The second-order valence-electron chi connectivity index (χ2n) is 4.42. The summed E-state index contributed by atoms with van der Waals surface area (Å²) in [7, 11) is -3.16. The molecule has 1 aliphatic heterocycles. The van der Waals surface area contributed by atoms with E-state index in [1.807, 2.05) is 6.08 Å². The third kappa shape index (κ3) is 2.91. The van der Waals surface area contributed by atoms with E-state index in [2.05, 4.69) is 0 Å². The second-order valence-corrected chi connectivity index (χ2v) is 6.43. The summed E-state index contributed by atoms with van der Waals surface area (Å²) in [5.41, 5.74) is 6.94. The van der Waals surface area contributed by atoms with Crippen LogP contribution in [0, 0.1) is 0 Å². The molecule has 0 aromatic heterocycles. The van der Waals surface area contributed by atoms with Crippen LogP contribution in [0.4, 0.5) is 0 Å². The molecule has 2 rings (SSSR count). The lowest BCUT2D eigenvalue weighted by Gasteiger charge is -2.21. The molecule has 0 bridgehead atoms. The highest BCUT2D eigenvalue weighted by atomic mass is 32.2. The van der Waals surface area contributed by atoms with E-state index in [0.29, 0.717) is 11.5 Å². The molecule has 1 aromatic rings. The van der Waals surface area contributed by atoms with Crippen molar-refractivity contribution in [3.05, 3.63) is 41.7 Å². The number of nitrogens with two attached hydrogens (primary N) is 1. The van der Waals surface area contributed by atoms with Crippen LogP contribution in [0.5, 0.6) is 0 Å². The minimum atomic E-state index is -3.16. The molecule has 5 heteroatoms. The number of ether oxygens (including phenoxy) is 1. The molecule has 0 fully saturated rings. The summed E-state index contributed by atoms with van der Waals surface area (Å²) in [5.74, 6) is 0.772. The van der Waals surface area contributed by atoms with Gasteiger partial charge in [-0.15, -0.1) is 0 Å². The first-order valence-corrected chi connectivity index (χ1v) is 7.76. The zero-order chi connectivity index (χ0) is 13.2. The van der Waals surface area contributed by atoms with E-state index in [4.69, 9.17) is 10.5 Å². The van der Waals surface area contributed by atoms with Crippen LogP contribution in [0.25, 0.3) is 0 Å². The van der Waals surface area contributed by atoms with Gasteiger partial charge < -0.3 is 10.5 Å². The lowest BCUT2D eigenvalue weighted by Crippen LogP contribution is -2.18. The van der Waals surface area contributed by atoms with Gasteiger partial charge in [0.1, 0.15) is 5.76 Å². The SMILES string of the molecule is CS(=O)(=O)c1ccc(C(N)C2=CCCCO2)cc1. The highest BCUT2D eigenvalue weighted by Crippen LogP contribution is 2.24. The first-order chi connectivity index (χ1) is 8.48. The number of sulfone groups is 1. The van der Waals surface area contributed by atoms with Gasteiger partial charge in [-0.1, -0.05) is 12.1 Å². The molecule has 1 heterocycles. The summed E-state index contributed by atoms with van der Waals surface area (Å²) in [6.45, 7) is 0.695. The Labute approximate surface area is 107 Å². The zero-order valence-electron chi connectivity index (χ0n) is 10.3. The summed E-state index contributed by atoms with van der Waals surface area (Å²) < 4.78 is 28.2. The molecule has 0 radical (unpaired) electrons. The van der Waals surface area contributed by atoms with Gasteiger partial charge >= 0.3 is 0 Å². The molecule has 0 saturated carbocycles. The fourth-order valence-corrected chi connectivity index (χ4v) is 2.51. The molecular formula is C13H17NO3S. The van der Waals surface area contributed by atoms with E-state index >= 15 is 0 Å². The first kappa shape index (κ1) is 13.1. The minimum Gasteiger partial charge on any atom is -0.496 e. The van der Waals surface area contributed by atoms with Crippen molar-refractivity contribution in [2.75, 3.05) is 12.9 Å². The zero-order valence-corrected chi connectivity index (χ0v) is 11.1. The van der Waals surface area contributed by atoms with Crippen LogP contribution >= 0.6 is 0 Å². The Balaban J connectivity index is 2.21. The highest BCUT2D eigenvalue weighted by molar-refractivity contribution is 7.90. The molecule has 0 spiro atoms. The van der Waals surface area contributed by atoms with Gasteiger partial charge in [0.05, 0.1) is 17.5 Å². The van der Waals surface area contributed by atoms with Gasteiger partial charge in [-0.2, -0.15) is 0 Å². The van der Waals surface area contributed by atoms with Gasteiger partial charge in [0, 0.05) is 6.26 Å². The Hall–Kier alpha value is -1.33. The molecule has 0 amide bonds. The summed E-state index contributed by atoms with van der Waals surface area (Å²) in [4.78, 5) is 0.303. The molecule has 18 heavy (non-hydrogen) atoms. The van der Waals surface area contributed by atoms with Crippen molar-refractivity contribution in [3.63, 3.8) is 0 Å². The maximum Gasteiger partial charge on any atom is 0.175 e. The van der Waals surface area contributed by atoms with E-state index in [0.717, 1.165) is 24.2 Å². The molecular weight excluding hydrogens is 250 g/mol. The number of benzene rings is 1. The van der Waals surface area contributed by atoms with Gasteiger partial charge in [0.15, 0.2) is 9.84 Å². The molecule has 2 N–H and O–H groups in total. The third-order valence-corrected chi connectivity index (χ3v) is 4.07. The lowest BCUT2D eigenvalue weighted by atomic mass is 10.0. The third-order valence-electron chi connectivity index (χ3n) is 2.94. The van der Waals surface area contributed by atoms with Crippen molar-refractivity contribution in [2.24, 2.45) is 5.73 Å². The Morgan fingerprint density at radius 1 is 1.28 bits per heavy atom. The summed E-state index contributed by atoms with van der Waals surface area (Å²) in [5, 5.41) is 0. The predicted molar refractivity (Wildman–Crippen MR) is 69.7 cm³/mol. The summed E-state index contributed by atoms with van der Waals surface area (Å²) in [6.07, 6.45) is 5.18. The van der Waals surface area contributed by atoms with Crippen LogP contribution < -0.4 is 5.73 Å². The van der Waals surface area contributed by atoms with Crippen LogP contribution in [-0.4, -0.2) is 21.3 Å². The Kier molecular flexibility index (Phi) is 3.73. The molecule has 4 nitrogen and oxygen atoms in total. The smallest absolute Gasteiger partial charge is 0.175 e. The maximum atomic E-state index is 11.3. The van der Waals surface area contributed by atoms with Crippen molar-refractivity contribution in [3.8, 4) is 0 Å². The van der Waals surface area contributed by atoms with Gasteiger partial charge in [0.2, 0.25) is 0 Å². The maximum absolute atomic E-state index is 11.3. The normalized spacial score (nSPS) is 17.8. The van der Waals surface area contributed by atoms with Crippen LogP contribution in [0.1, 0.15) is 24.4 Å². The molecule has 1 atom stereocenters. The largest absolute Gasteiger partial charge is 0.496 e. The Morgan fingerprint density at radius 3 is 2.44 bits per heavy atom. The second kappa shape index (κ2) is 5.12. The fourth-order valence-electron chi connectivity index (χ4n) is 1.88. The standard InChI is InChI=1S/C13H17NO3S/c1-18(15,16)11-7-5-10(6-8-11)13(14)12-4-2-3-9-17-12/h4-8,13H,2-3,9,14H2,1H3. The van der Waals surface area contributed by atoms with Gasteiger partial charge in [-0.25, -0.2) is 8.42 Å². The van der Waals surface area contributed by atoms with Gasteiger partial charge in [0.25, 0.3) is 0 Å². The predicted octanol–water partition coefficient (Wildman–Crippen LogP) is 1.78. The number of rotatable bonds is 3. The minimum absolute atomic E-state index is 0.303. The molecule has 98 valence electrons. The van der Waals surface area contributed by atoms with E-state index in [1.165, 1.54) is 6.26 Å². The Bertz CT molecular complexity index is 546. The topological polar surface area (TPSA) is 69.4 Å². The molecule has 1 unspecified atom stereocenters.